The van der Waals surface area contributed by atoms with Crippen LogP contribution in [0.15, 0.2) is 18.5 Å². The first-order chi connectivity index (χ1) is 12.0. The average Bonchev–Trinajstić information content (AvgIpc) is 3.48. The molecule has 1 atom stereocenters. The van der Waals surface area contributed by atoms with Gasteiger partial charge in [-0.3, -0.25) is 10.00 Å². The Morgan fingerprint density at radius 1 is 1.40 bits per heavy atom. The minimum absolute atomic E-state index is 0.0458. The van der Waals surface area contributed by atoms with E-state index in [1.807, 2.05) is 42.0 Å². The Morgan fingerprint density at radius 2 is 2.16 bits per heavy atom. The normalized spacial score (nSPS) is 18.2. The molecular formula is C18H26N6O. The summed E-state index contributed by atoms with van der Waals surface area (Å²) < 4.78 is 3.76. The van der Waals surface area contributed by atoms with E-state index in [0.29, 0.717) is 24.5 Å². The molecule has 0 unspecified atom stereocenters. The van der Waals surface area contributed by atoms with Crippen molar-refractivity contribution in [1.29, 1.82) is 0 Å². The van der Waals surface area contributed by atoms with E-state index in [4.69, 9.17) is 0 Å². The van der Waals surface area contributed by atoms with Gasteiger partial charge in [0.15, 0.2) is 0 Å². The molecule has 2 fully saturated rings. The Labute approximate surface area is 148 Å². The van der Waals surface area contributed by atoms with Gasteiger partial charge in [0.1, 0.15) is 5.82 Å². The van der Waals surface area contributed by atoms with E-state index < -0.39 is 0 Å². The lowest BCUT2D eigenvalue weighted by molar-refractivity contribution is 0.205. The molecule has 7 heteroatoms. The molecule has 134 valence electrons. The number of carbonyl (C=O) groups is 1. The summed E-state index contributed by atoms with van der Waals surface area (Å²) in [7, 11) is 1.89. The summed E-state index contributed by atoms with van der Waals surface area (Å²) in [5.74, 6) is 1.49. The van der Waals surface area contributed by atoms with Gasteiger partial charge in [-0.2, -0.15) is 10.2 Å². The molecule has 0 radical (unpaired) electrons. The number of nitrogens with zero attached hydrogens (tertiary/aromatic N) is 5. The van der Waals surface area contributed by atoms with Crippen LogP contribution in [0.2, 0.25) is 0 Å². The van der Waals surface area contributed by atoms with Crippen LogP contribution in [0.5, 0.6) is 0 Å². The third-order valence-corrected chi connectivity index (χ3v) is 5.14. The number of rotatable bonds is 6. The van der Waals surface area contributed by atoms with Gasteiger partial charge in [0.25, 0.3) is 0 Å². The summed E-state index contributed by atoms with van der Waals surface area (Å²) in [5, 5.41) is 11.9. The lowest BCUT2D eigenvalue weighted by Gasteiger charge is -2.23. The number of urea groups is 1. The maximum Gasteiger partial charge on any atom is 0.323 e. The quantitative estimate of drug-likeness (QED) is 0.877. The topological polar surface area (TPSA) is 68.0 Å². The Kier molecular flexibility index (Phi) is 4.01. The van der Waals surface area contributed by atoms with Crippen LogP contribution in [0.4, 0.5) is 10.6 Å². The highest BCUT2D eigenvalue weighted by Crippen LogP contribution is 2.40. The summed E-state index contributed by atoms with van der Waals surface area (Å²) >= 11 is 0. The number of hydrogen-bond acceptors (Lipinski definition) is 3. The molecule has 2 aromatic rings. The van der Waals surface area contributed by atoms with E-state index in [0.717, 1.165) is 29.9 Å². The SMILES string of the molecule is Cc1cc(NC(=O)N(Cc2cnn(C)c2)C2CC2)n([C@@H](C)C2CC2)n1. The zero-order chi connectivity index (χ0) is 17.6. The first-order valence-corrected chi connectivity index (χ1v) is 9.12. The molecule has 0 aromatic carbocycles. The fourth-order valence-corrected chi connectivity index (χ4v) is 3.38. The van der Waals surface area contributed by atoms with E-state index in [-0.39, 0.29) is 6.03 Å². The molecule has 2 heterocycles. The molecule has 1 N–H and O–H groups in total. The molecule has 0 spiro atoms. The van der Waals surface area contributed by atoms with Crippen molar-refractivity contribution in [1.82, 2.24) is 24.5 Å². The van der Waals surface area contributed by atoms with Crippen molar-refractivity contribution in [2.75, 3.05) is 5.32 Å². The van der Waals surface area contributed by atoms with Crippen LogP contribution in [0.1, 0.15) is 49.9 Å². The van der Waals surface area contributed by atoms with Crippen LogP contribution in [-0.2, 0) is 13.6 Å². The van der Waals surface area contributed by atoms with E-state index in [2.05, 4.69) is 22.4 Å². The second kappa shape index (κ2) is 6.20. The molecule has 2 saturated carbocycles. The molecule has 2 aliphatic rings. The summed E-state index contributed by atoms with van der Waals surface area (Å²) in [6.07, 6.45) is 8.44. The third kappa shape index (κ3) is 3.55. The fourth-order valence-electron chi connectivity index (χ4n) is 3.38. The predicted octanol–water partition coefficient (Wildman–Crippen LogP) is 3.09. The highest BCUT2D eigenvalue weighted by atomic mass is 16.2. The molecule has 2 amide bonds. The van der Waals surface area contributed by atoms with Gasteiger partial charge >= 0.3 is 6.03 Å². The van der Waals surface area contributed by atoms with E-state index in [1.54, 1.807) is 4.68 Å². The number of aryl methyl sites for hydroxylation is 2. The van der Waals surface area contributed by atoms with E-state index in [9.17, 15) is 4.79 Å². The largest absolute Gasteiger partial charge is 0.323 e. The van der Waals surface area contributed by atoms with Crippen molar-refractivity contribution in [3.63, 3.8) is 0 Å². The summed E-state index contributed by atoms with van der Waals surface area (Å²) in [4.78, 5) is 14.8. The first-order valence-electron chi connectivity index (χ1n) is 9.12. The summed E-state index contributed by atoms with van der Waals surface area (Å²) in [5.41, 5.74) is 1.99. The minimum atomic E-state index is -0.0458. The Bertz CT molecular complexity index is 770. The standard InChI is InChI=1S/C18H26N6O/c1-12-8-17(24(21-12)13(2)15-4-5-15)20-18(25)23(16-6-7-16)11-14-9-19-22(3)10-14/h8-10,13,15-16H,4-7,11H2,1-3H3,(H,20,25)/t13-/m0/s1. The smallest absolute Gasteiger partial charge is 0.317 e. The molecule has 2 aliphatic carbocycles. The number of carbonyl (C=O) groups excluding carboxylic acids is 1. The maximum absolute atomic E-state index is 12.9. The van der Waals surface area contributed by atoms with Crippen molar-refractivity contribution >= 4 is 11.8 Å². The maximum atomic E-state index is 12.9. The molecule has 0 bridgehead atoms. The summed E-state index contributed by atoms with van der Waals surface area (Å²) in [6.45, 7) is 4.75. The number of anilines is 1. The van der Waals surface area contributed by atoms with Gasteiger partial charge in [-0.1, -0.05) is 0 Å². The first kappa shape index (κ1) is 16.2. The van der Waals surface area contributed by atoms with Crippen LogP contribution in [0.3, 0.4) is 0 Å². The van der Waals surface area contributed by atoms with Gasteiger partial charge in [0, 0.05) is 30.9 Å². The molecule has 2 aromatic heterocycles. The van der Waals surface area contributed by atoms with Crippen molar-refractivity contribution in [3.05, 3.63) is 29.7 Å². The van der Waals surface area contributed by atoms with Gasteiger partial charge in [-0.15, -0.1) is 0 Å². The van der Waals surface area contributed by atoms with Crippen LogP contribution < -0.4 is 5.32 Å². The van der Waals surface area contributed by atoms with Crippen molar-refractivity contribution in [2.45, 2.75) is 58.2 Å². The minimum Gasteiger partial charge on any atom is -0.317 e. The average molecular weight is 342 g/mol. The zero-order valence-corrected chi connectivity index (χ0v) is 15.1. The molecule has 7 nitrogen and oxygen atoms in total. The van der Waals surface area contributed by atoms with Gasteiger partial charge in [0.2, 0.25) is 0 Å². The van der Waals surface area contributed by atoms with Crippen molar-refractivity contribution in [2.24, 2.45) is 13.0 Å². The van der Waals surface area contributed by atoms with Crippen molar-refractivity contribution in [3.8, 4) is 0 Å². The Balaban J connectivity index is 1.49. The molecule has 25 heavy (non-hydrogen) atoms. The van der Waals surface area contributed by atoms with Crippen LogP contribution >= 0.6 is 0 Å². The molecular weight excluding hydrogens is 316 g/mol. The number of aromatic nitrogens is 4. The lowest BCUT2D eigenvalue weighted by Crippen LogP contribution is -2.37. The van der Waals surface area contributed by atoms with Crippen molar-refractivity contribution < 1.29 is 4.79 Å². The molecule has 4 rings (SSSR count). The Morgan fingerprint density at radius 3 is 2.76 bits per heavy atom. The van der Waals surface area contributed by atoms with E-state index >= 15 is 0 Å². The highest BCUT2D eigenvalue weighted by Gasteiger charge is 2.34. The second-order valence-corrected chi connectivity index (χ2v) is 7.51. The second-order valence-electron chi connectivity index (χ2n) is 7.51. The predicted molar refractivity (Wildman–Crippen MR) is 95.2 cm³/mol. The number of hydrogen-bond donors (Lipinski definition) is 1. The van der Waals surface area contributed by atoms with Gasteiger partial charge in [0.05, 0.1) is 24.5 Å². The third-order valence-electron chi connectivity index (χ3n) is 5.14. The Hall–Kier alpha value is -2.31. The number of amides is 2. The lowest BCUT2D eigenvalue weighted by atomic mass is 10.2. The molecule has 0 saturated heterocycles. The van der Waals surface area contributed by atoms with E-state index in [1.165, 1.54) is 12.8 Å². The van der Waals surface area contributed by atoms with Gasteiger partial charge < -0.3 is 4.90 Å². The number of nitrogens with one attached hydrogen (secondary N) is 1. The van der Waals surface area contributed by atoms with Crippen LogP contribution in [0.25, 0.3) is 0 Å². The summed E-state index contributed by atoms with van der Waals surface area (Å²) in [6, 6.07) is 2.58. The van der Waals surface area contributed by atoms with Gasteiger partial charge in [-0.25, -0.2) is 9.48 Å². The molecule has 0 aliphatic heterocycles. The monoisotopic (exact) mass is 342 g/mol. The van der Waals surface area contributed by atoms with Crippen LogP contribution in [-0.4, -0.2) is 36.5 Å². The fraction of sp³-hybridized carbons (Fsp3) is 0.611. The highest BCUT2D eigenvalue weighted by molar-refractivity contribution is 5.89. The zero-order valence-electron chi connectivity index (χ0n) is 15.1. The van der Waals surface area contributed by atoms with Crippen LogP contribution in [0, 0.1) is 12.8 Å². The van der Waals surface area contributed by atoms with Gasteiger partial charge in [-0.05, 0) is 45.4 Å².